The molecule has 4 nitrogen and oxygen atoms in total. The molecule has 0 fully saturated rings. The first-order chi connectivity index (χ1) is 11.3. The van der Waals surface area contributed by atoms with Gasteiger partial charge in [-0.3, -0.25) is 0 Å². The molecule has 0 unspecified atom stereocenters. The molecule has 2 aromatic carbocycles. The summed E-state index contributed by atoms with van der Waals surface area (Å²) < 4.78 is 0. The van der Waals surface area contributed by atoms with Gasteiger partial charge in [0.05, 0.1) is 0 Å². The molecule has 0 bridgehead atoms. The zero-order chi connectivity index (χ0) is 16.1. The topological polar surface area (TPSA) is 41.0 Å². The first-order valence-corrected chi connectivity index (χ1v) is 7.73. The van der Waals surface area contributed by atoms with Crippen LogP contribution in [0.5, 0.6) is 0 Å². The average Bonchev–Trinajstić information content (AvgIpc) is 2.62. The third-order valence-corrected chi connectivity index (χ3v) is 3.80. The van der Waals surface area contributed by atoms with E-state index in [0.717, 1.165) is 29.4 Å². The lowest BCUT2D eigenvalue weighted by Gasteiger charge is -2.19. The van der Waals surface area contributed by atoms with Crippen molar-refractivity contribution >= 4 is 23.0 Å². The summed E-state index contributed by atoms with van der Waals surface area (Å²) >= 11 is 0. The van der Waals surface area contributed by atoms with Gasteiger partial charge in [-0.2, -0.15) is 0 Å². The summed E-state index contributed by atoms with van der Waals surface area (Å²) in [7, 11) is 2.00. The average molecular weight is 304 g/mol. The Morgan fingerprint density at radius 3 is 2.48 bits per heavy atom. The molecular formula is C19H20N4. The van der Waals surface area contributed by atoms with Crippen molar-refractivity contribution in [1.29, 1.82) is 0 Å². The van der Waals surface area contributed by atoms with Crippen LogP contribution in [-0.2, 0) is 6.42 Å². The highest BCUT2D eigenvalue weighted by Gasteiger charge is 2.07. The summed E-state index contributed by atoms with van der Waals surface area (Å²) in [5, 5.41) is 3.39. The van der Waals surface area contributed by atoms with E-state index in [2.05, 4.69) is 52.5 Å². The quantitative estimate of drug-likeness (QED) is 0.750. The standard InChI is InChI=1S/C19H20N4/c1-3-15-9-7-8-12-17(15)22-18-13-19(21-14-20-18)23(2)16-10-5-4-6-11-16/h4-14H,3H2,1-2H3,(H,20,21,22). The second-order valence-corrected chi connectivity index (χ2v) is 5.29. The molecule has 0 saturated heterocycles. The first-order valence-electron chi connectivity index (χ1n) is 7.73. The summed E-state index contributed by atoms with van der Waals surface area (Å²) in [5.41, 5.74) is 3.44. The van der Waals surface area contributed by atoms with Gasteiger partial charge in [0, 0.05) is 24.5 Å². The number of hydrogen-bond acceptors (Lipinski definition) is 4. The molecule has 0 amide bonds. The number of anilines is 4. The molecule has 0 aliphatic heterocycles. The van der Waals surface area contributed by atoms with Crippen molar-refractivity contribution in [3.63, 3.8) is 0 Å². The molecule has 0 atom stereocenters. The molecule has 3 aromatic rings. The van der Waals surface area contributed by atoms with E-state index in [0.29, 0.717) is 0 Å². The molecule has 1 heterocycles. The fraction of sp³-hybridized carbons (Fsp3) is 0.158. The van der Waals surface area contributed by atoms with Crippen LogP contribution in [-0.4, -0.2) is 17.0 Å². The molecule has 23 heavy (non-hydrogen) atoms. The molecule has 3 rings (SSSR count). The molecule has 0 radical (unpaired) electrons. The van der Waals surface area contributed by atoms with Gasteiger partial charge in [0.1, 0.15) is 18.0 Å². The Balaban J connectivity index is 1.85. The van der Waals surface area contributed by atoms with Crippen molar-refractivity contribution in [2.24, 2.45) is 0 Å². The number of aryl methyl sites for hydroxylation is 1. The maximum absolute atomic E-state index is 4.37. The Labute approximate surface area is 136 Å². The Hall–Kier alpha value is -2.88. The van der Waals surface area contributed by atoms with E-state index in [1.54, 1.807) is 6.33 Å². The highest BCUT2D eigenvalue weighted by molar-refractivity contribution is 5.65. The molecule has 0 aliphatic rings. The smallest absolute Gasteiger partial charge is 0.138 e. The molecule has 1 aromatic heterocycles. The van der Waals surface area contributed by atoms with E-state index in [-0.39, 0.29) is 0 Å². The van der Waals surface area contributed by atoms with Gasteiger partial charge in [-0.1, -0.05) is 43.3 Å². The van der Waals surface area contributed by atoms with E-state index < -0.39 is 0 Å². The number of benzene rings is 2. The monoisotopic (exact) mass is 304 g/mol. The number of aromatic nitrogens is 2. The van der Waals surface area contributed by atoms with Gasteiger partial charge in [0.15, 0.2) is 0 Å². The minimum Gasteiger partial charge on any atom is -0.340 e. The van der Waals surface area contributed by atoms with Crippen molar-refractivity contribution in [3.8, 4) is 0 Å². The maximum atomic E-state index is 4.37. The van der Waals surface area contributed by atoms with Gasteiger partial charge in [-0.05, 0) is 30.2 Å². The predicted molar refractivity (Wildman–Crippen MR) is 95.6 cm³/mol. The molecule has 1 N–H and O–H groups in total. The van der Waals surface area contributed by atoms with Crippen LogP contribution in [0.25, 0.3) is 0 Å². The van der Waals surface area contributed by atoms with E-state index in [4.69, 9.17) is 0 Å². The second kappa shape index (κ2) is 6.92. The lowest BCUT2D eigenvalue weighted by molar-refractivity contribution is 1.08. The second-order valence-electron chi connectivity index (χ2n) is 5.29. The highest BCUT2D eigenvalue weighted by atomic mass is 15.2. The minimum absolute atomic E-state index is 0.790. The summed E-state index contributed by atoms with van der Waals surface area (Å²) in [6, 6.07) is 20.4. The van der Waals surface area contributed by atoms with Crippen LogP contribution in [0.15, 0.2) is 67.0 Å². The fourth-order valence-electron chi connectivity index (χ4n) is 2.47. The van der Waals surface area contributed by atoms with Gasteiger partial charge in [-0.15, -0.1) is 0 Å². The summed E-state index contributed by atoms with van der Waals surface area (Å²) in [4.78, 5) is 10.8. The Morgan fingerprint density at radius 2 is 1.70 bits per heavy atom. The third kappa shape index (κ3) is 3.48. The number of nitrogens with zero attached hydrogens (tertiary/aromatic N) is 3. The number of para-hydroxylation sites is 2. The van der Waals surface area contributed by atoms with Crippen molar-refractivity contribution in [2.75, 3.05) is 17.3 Å². The molecule has 4 heteroatoms. The lowest BCUT2D eigenvalue weighted by atomic mass is 10.1. The van der Waals surface area contributed by atoms with Crippen molar-refractivity contribution in [1.82, 2.24) is 9.97 Å². The fourth-order valence-corrected chi connectivity index (χ4v) is 2.47. The van der Waals surface area contributed by atoms with E-state index >= 15 is 0 Å². The summed E-state index contributed by atoms with van der Waals surface area (Å²) in [6.07, 6.45) is 2.57. The molecule has 116 valence electrons. The Bertz CT molecular complexity index is 771. The van der Waals surface area contributed by atoms with Gasteiger partial charge >= 0.3 is 0 Å². The largest absolute Gasteiger partial charge is 0.340 e. The van der Waals surface area contributed by atoms with Crippen molar-refractivity contribution < 1.29 is 0 Å². The summed E-state index contributed by atoms with van der Waals surface area (Å²) in [6.45, 7) is 2.15. The van der Waals surface area contributed by atoms with Gasteiger partial charge in [0.2, 0.25) is 0 Å². The summed E-state index contributed by atoms with van der Waals surface area (Å²) in [5.74, 6) is 1.64. The molecule has 0 saturated carbocycles. The van der Waals surface area contributed by atoms with Crippen LogP contribution in [0.4, 0.5) is 23.0 Å². The van der Waals surface area contributed by atoms with E-state index in [9.17, 15) is 0 Å². The van der Waals surface area contributed by atoms with Gasteiger partial charge in [0.25, 0.3) is 0 Å². The van der Waals surface area contributed by atoms with Gasteiger partial charge in [-0.25, -0.2) is 9.97 Å². The normalized spacial score (nSPS) is 10.3. The molecule has 0 aliphatic carbocycles. The predicted octanol–water partition coefficient (Wildman–Crippen LogP) is 4.55. The Kier molecular flexibility index (Phi) is 4.52. The highest BCUT2D eigenvalue weighted by Crippen LogP contribution is 2.25. The minimum atomic E-state index is 0.790. The zero-order valence-electron chi connectivity index (χ0n) is 13.4. The molecule has 0 spiro atoms. The van der Waals surface area contributed by atoms with Crippen LogP contribution in [0.1, 0.15) is 12.5 Å². The van der Waals surface area contributed by atoms with E-state index in [1.165, 1.54) is 5.56 Å². The van der Waals surface area contributed by atoms with Crippen molar-refractivity contribution in [3.05, 3.63) is 72.6 Å². The third-order valence-electron chi connectivity index (χ3n) is 3.80. The van der Waals surface area contributed by atoms with Gasteiger partial charge < -0.3 is 10.2 Å². The van der Waals surface area contributed by atoms with Crippen molar-refractivity contribution in [2.45, 2.75) is 13.3 Å². The maximum Gasteiger partial charge on any atom is 0.138 e. The number of hydrogen-bond donors (Lipinski definition) is 1. The van der Waals surface area contributed by atoms with E-state index in [1.807, 2.05) is 42.3 Å². The van der Waals surface area contributed by atoms with Crippen LogP contribution in [0.2, 0.25) is 0 Å². The number of nitrogens with one attached hydrogen (secondary N) is 1. The SMILES string of the molecule is CCc1ccccc1Nc1cc(N(C)c2ccccc2)ncn1. The molecular weight excluding hydrogens is 284 g/mol. The Morgan fingerprint density at radius 1 is 0.957 bits per heavy atom. The van der Waals surface area contributed by atoms with Crippen LogP contribution in [0.3, 0.4) is 0 Å². The lowest BCUT2D eigenvalue weighted by Crippen LogP contribution is -2.11. The van der Waals surface area contributed by atoms with Crippen LogP contribution in [0, 0.1) is 0 Å². The van der Waals surface area contributed by atoms with Crippen LogP contribution >= 0.6 is 0 Å². The van der Waals surface area contributed by atoms with Crippen LogP contribution < -0.4 is 10.2 Å². The first kappa shape index (κ1) is 15.0. The zero-order valence-corrected chi connectivity index (χ0v) is 13.4. The number of rotatable bonds is 5.